The van der Waals surface area contributed by atoms with Crippen LogP contribution >= 0.6 is 11.6 Å². The molecule has 5 nitrogen and oxygen atoms in total. The number of hydrogen-bond acceptors (Lipinski definition) is 5. The Hall–Kier alpha value is -2.84. The van der Waals surface area contributed by atoms with Crippen molar-refractivity contribution in [1.29, 1.82) is 5.26 Å². The summed E-state index contributed by atoms with van der Waals surface area (Å²) in [7, 11) is 0. The maximum atomic E-state index is 12.3. The van der Waals surface area contributed by atoms with E-state index in [1.54, 1.807) is 6.92 Å². The molecule has 2 heterocycles. The molecular formula is C20H18ClN3O2. The van der Waals surface area contributed by atoms with Gasteiger partial charge in [-0.15, -0.1) is 0 Å². The lowest BCUT2D eigenvalue weighted by molar-refractivity contribution is -0.114. The summed E-state index contributed by atoms with van der Waals surface area (Å²) in [5.41, 5.74) is 9.98. The van der Waals surface area contributed by atoms with Crippen LogP contribution in [-0.2, 0) is 9.53 Å². The zero-order valence-electron chi connectivity index (χ0n) is 15.0. The smallest absolute Gasteiger partial charge is 0.205 e. The molecule has 1 aliphatic rings. The van der Waals surface area contributed by atoms with Crippen molar-refractivity contribution in [1.82, 2.24) is 4.98 Å². The molecule has 6 heteroatoms. The lowest BCUT2D eigenvalue weighted by Gasteiger charge is -2.27. The molecular weight excluding hydrogens is 350 g/mol. The summed E-state index contributed by atoms with van der Waals surface area (Å²) in [6.07, 6.45) is 0. The first-order chi connectivity index (χ1) is 12.2. The molecule has 1 aromatic carbocycles. The van der Waals surface area contributed by atoms with Gasteiger partial charge < -0.3 is 10.5 Å². The Morgan fingerprint density at radius 3 is 2.54 bits per heavy atom. The van der Waals surface area contributed by atoms with Crippen LogP contribution in [0, 0.1) is 25.2 Å². The van der Waals surface area contributed by atoms with E-state index in [1.165, 1.54) is 6.92 Å². The number of aromatic nitrogens is 1. The van der Waals surface area contributed by atoms with Crippen LogP contribution in [0.3, 0.4) is 0 Å². The average Bonchev–Trinajstić information content (AvgIpc) is 2.55. The van der Waals surface area contributed by atoms with E-state index in [2.05, 4.69) is 11.1 Å². The first-order valence-electron chi connectivity index (χ1n) is 8.11. The number of Topliss-reactive ketones (excluding diaryl/α,β-unsaturated/α-hetero) is 1. The van der Waals surface area contributed by atoms with Gasteiger partial charge in [-0.25, -0.2) is 4.98 Å². The number of carbonyl (C=O) groups excluding carboxylic acids is 1. The molecule has 3 rings (SSSR count). The second kappa shape index (κ2) is 6.47. The SMILES string of the molecule is CC(=O)C1=C(C)OC(N)=C(C#N)[C@@H]1c1cc2cc(C)c(C)cc2nc1Cl. The summed E-state index contributed by atoms with van der Waals surface area (Å²) < 4.78 is 5.41. The van der Waals surface area contributed by atoms with Crippen molar-refractivity contribution >= 4 is 28.3 Å². The summed E-state index contributed by atoms with van der Waals surface area (Å²) >= 11 is 6.46. The molecule has 1 aliphatic heterocycles. The lowest BCUT2D eigenvalue weighted by atomic mass is 9.81. The molecule has 1 atom stereocenters. The van der Waals surface area contributed by atoms with Gasteiger partial charge >= 0.3 is 0 Å². The van der Waals surface area contributed by atoms with E-state index in [9.17, 15) is 10.1 Å². The van der Waals surface area contributed by atoms with E-state index in [0.29, 0.717) is 16.9 Å². The number of aryl methyl sites for hydroxylation is 2. The highest BCUT2D eigenvalue weighted by atomic mass is 35.5. The minimum absolute atomic E-state index is 0.0174. The molecule has 0 saturated carbocycles. The van der Waals surface area contributed by atoms with Gasteiger partial charge in [-0.1, -0.05) is 11.6 Å². The summed E-state index contributed by atoms with van der Waals surface area (Å²) in [5, 5.41) is 10.7. The molecule has 0 spiro atoms. The van der Waals surface area contributed by atoms with Crippen LogP contribution in [0.25, 0.3) is 10.9 Å². The number of hydrogen-bond donors (Lipinski definition) is 1. The van der Waals surface area contributed by atoms with E-state index < -0.39 is 5.92 Å². The molecule has 0 amide bonds. The quantitative estimate of drug-likeness (QED) is 0.804. The van der Waals surface area contributed by atoms with Crippen LogP contribution in [0.15, 0.2) is 41.0 Å². The van der Waals surface area contributed by atoms with Crippen LogP contribution in [0.2, 0.25) is 5.15 Å². The topological polar surface area (TPSA) is 89.0 Å². The Kier molecular flexibility index (Phi) is 4.47. The second-order valence-electron chi connectivity index (χ2n) is 6.45. The number of nitrogens with zero attached hydrogens (tertiary/aromatic N) is 2. The standard InChI is InChI=1S/C20H18ClN3O2/c1-9-5-13-7-14(19(21)24-16(13)6-10(9)2)18-15(8-22)20(23)26-12(4)17(18)11(3)25/h5-7,18H,23H2,1-4H3/t18-/m0/s1. The minimum atomic E-state index is -0.697. The highest BCUT2D eigenvalue weighted by Gasteiger charge is 2.35. The first-order valence-corrected chi connectivity index (χ1v) is 8.49. The third-order valence-corrected chi connectivity index (χ3v) is 5.01. The van der Waals surface area contributed by atoms with E-state index in [0.717, 1.165) is 22.0 Å². The van der Waals surface area contributed by atoms with Crippen LogP contribution in [-0.4, -0.2) is 10.8 Å². The predicted molar refractivity (Wildman–Crippen MR) is 100 cm³/mol. The Labute approximate surface area is 156 Å². The third-order valence-electron chi connectivity index (χ3n) is 4.71. The molecule has 0 fully saturated rings. The number of benzene rings is 1. The number of rotatable bonds is 2. The first kappa shape index (κ1) is 18.0. The molecule has 26 heavy (non-hydrogen) atoms. The molecule has 0 unspecified atom stereocenters. The van der Waals surface area contributed by atoms with Gasteiger partial charge in [-0.3, -0.25) is 4.79 Å². The molecule has 0 radical (unpaired) electrons. The van der Waals surface area contributed by atoms with E-state index in [-0.39, 0.29) is 22.4 Å². The summed E-state index contributed by atoms with van der Waals surface area (Å²) in [6, 6.07) is 7.91. The largest absolute Gasteiger partial charge is 0.445 e. The van der Waals surface area contributed by atoms with E-state index in [1.807, 2.05) is 32.0 Å². The molecule has 1 aromatic heterocycles. The number of pyridine rings is 1. The van der Waals surface area contributed by atoms with Crippen LogP contribution < -0.4 is 5.73 Å². The van der Waals surface area contributed by atoms with E-state index >= 15 is 0 Å². The fourth-order valence-corrected chi connectivity index (χ4v) is 3.54. The maximum Gasteiger partial charge on any atom is 0.205 e. The molecule has 0 saturated heterocycles. The van der Waals surface area contributed by atoms with Gasteiger partial charge in [0, 0.05) is 16.5 Å². The van der Waals surface area contributed by atoms with Gasteiger partial charge in [0.2, 0.25) is 5.88 Å². The van der Waals surface area contributed by atoms with Gasteiger partial charge in [0.15, 0.2) is 5.78 Å². The number of nitriles is 1. The number of allylic oxidation sites excluding steroid dienone is 3. The molecule has 0 bridgehead atoms. The van der Waals surface area contributed by atoms with Crippen molar-refractivity contribution in [3.05, 3.63) is 62.8 Å². The number of ketones is 1. The lowest BCUT2D eigenvalue weighted by Crippen LogP contribution is -2.23. The summed E-state index contributed by atoms with van der Waals surface area (Å²) in [6.45, 7) is 7.11. The fourth-order valence-electron chi connectivity index (χ4n) is 3.28. The zero-order chi connectivity index (χ0) is 19.2. The number of carbonyl (C=O) groups is 1. The van der Waals surface area contributed by atoms with Crippen molar-refractivity contribution < 1.29 is 9.53 Å². The maximum absolute atomic E-state index is 12.3. The van der Waals surface area contributed by atoms with Gasteiger partial charge in [0.25, 0.3) is 0 Å². The predicted octanol–water partition coefficient (Wildman–Crippen LogP) is 4.18. The highest BCUT2D eigenvalue weighted by molar-refractivity contribution is 6.30. The normalized spacial score (nSPS) is 17.3. The molecule has 2 aromatic rings. The summed E-state index contributed by atoms with van der Waals surface area (Å²) in [5.74, 6) is -0.548. The van der Waals surface area contributed by atoms with Crippen LogP contribution in [0.5, 0.6) is 0 Å². The zero-order valence-corrected chi connectivity index (χ0v) is 15.7. The van der Waals surface area contributed by atoms with Gasteiger partial charge in [-0.05, 0) is 57.0 Å². The summed E-state index contributed by atoms with van der Waals surface area (Å²) in [4.78, 5) is 16.7. The third kappa shape index (κ3) is 2.83. The molecule has 132 valence electrons. The van der Waals surface area contributed by atoms with E-state index in [4.69, 9.17) is 22.1 Å². The van der Waals surface area contributed by atoms with Crippen molar-refractivity contribution in [3.63, 3.8) is 0 Å². The van der Waals surface area contributed by atoms with Crippen LogP contribution in [0.4, 0.5) is 0 Å². The Morgan fingerprint density at radius 2 is 1.92 bits per heavy atom. The second-order valence-corrected chi connectivity index (χ2v) is 6.81. The monoisotopic (exact) mass is 367 g/mol. The van der Waals surface area contributed by atoms with Crippen molar-refractivity contribution in [2.75, 3.05) is 0 Å². The number of ether oxygens (including phenoxy) is 1. The van der Waals surface area contributed by atoms with Gasteiger partial charge in [0.1, 0.15) is 22.6 Å². The molecule has 2 N–H and O–H groups in total. The minimum Gasteiger partial charge on any atom is -0.445 e. The van der Waals surface area contributed by atoms with Crippen molar-refractivity contribution in [2.24, 2.45) is 5.73 Å². The molecule has 0 aliphatic carbocycles. The van der Waals surface area contributed by atoms with Crippen molar-refractivity contribution in [3.8, 4) is 6.07 Å². The van der Waals surface area contributed by atoms with Crippen molar-refractivity contribution in [2.45, 2.75) is 33.6 Å². The Balaban J connectivity index is 2.32. The van der Waals surface area contributed by atoms with Gasteiger partial charge in [0.05, 0.1) is 11.4 Å². The average molecular weight is 368 g/mol. The fraction of sp³-hybridized carbons (Fsp3) is 0.250. The number of halogens is 1. The van der Waals surface area contributed by atoms with Crippen LogP contribution in [0.1, 0.15) is 36.5 Å². The number of nitrogens with two attached hydrogens (primary N) is 1. The number of fused-ring (bicyclic) bond motifs is 1. The Bertz CT molecular complexity index is 1060. The van der Waals surface area contributed by atoms with Gasteiger partial charge in [-0.2, -0.15) is 5.26 Å². The Morgan fingerprint density at radius 1 is 1.27 bits per heavy atom. The highest BCUT2D eigenvalue weighted by Crippen LogP contribution is 2.42.